The molecule has 0 saturated carbocycles. The molecule has 0 amide bonds. The van der Waals surface area contributed by atoms with Crippen LogP contribution in [0.3, 0.4) is 0 Å². The third kappa shape index (κ3) is 3.75. The first-order valence-electron chi connectivity index (χ1n) is 10.7. The van der Waals surface area contributed by atoms with Crippen LogP contribution < -0.4 is 0 Å². The van der Waals surface area contributed by atoms with Crippen molar-refractivity contribution in [3.05, 3.63) is 107 Å². The summed E-state index contributed by atoms with van der Waals surface area (Å²) in [4.78, 5) is 0. The van der Waals surface area contributed by atoms with Crippen molar-refractivity contribution in [2.24, 2.45) is 0 Å². The van der Waals surface area contributed by atoms with Gasteiger partial charge in [-0.15, -0.1) is 0 Å². The van der Waals surface area contributed by atoms with Crippen LogP contribution in [0.4, 0.5) is 0 Å². The lowest BCUT2D eigenvalue weighted by molar-refractivity contribution is 0.440. The van der Waals surface area contributed by atoms with Crippen LogP contribution in [0.1, 0.15) is 39.7 Å². The number of benzene rings is 4. The molecule has 6 heteroatoms. The van der Waals surface area contributed by atoms with Crippen LogP contribution in [0.5, 0.6) is 34.5 Å². The molecule has 2 atom stereocenters. The third-order valence-electron chi connectivity index (χ3n) is 6.18. The Morgan fingerprint density at radius 1 is 0.500 bits per heavy atom. The van der Waals surface area contributed by atoms with E-state index in [4.69, 9.17) is 0 Å². The molecule has 6 N–H and O–H groups in total. The first-order valence-corrected chi connectivity index (χ1v) is 10.7. The lowest BCUT2D eigenvalue weighted by Crippen LogP contribution is -2.08. The van der Waals surface area contributed by atoms with Crippen molar-refractivity contribution in [3.63, 3.8) is 0 Å². The van der Waals surface area contributed by atoms with E-state index in [1.807, 2.05) is 6.08 Å². The summed E-state index contributed by atoms with van der Waals surface area (Å²) in [6.07, 6.45) is 1.91. The predicted molar refractivity (Wildman–Crippen MR) is 128 cm³/mol. The van der Waals surface area contributed by atoms with Crippen molar-refractivity contribution in [1.29, 1.82) is 0 Å². The van der Waals surface area contributed by atoms with Crippen molar-refractivity contribution in [1.82, 2.24) is 0 Å². The Hall–Kier alpha value is -4.58. The van der Waals surface area contributed by atoms with E-state index in [1.54, 1.807) is 54.6 Å². The lowest BCUT2D eigenvalue weighted by Gasteiger charge is -2.23. The Balaban J connectivity index is 1.82. The molecule has 0 spiro atoms. The molecular weight excluding hydrogens is 432 g/mol. The highest BCUT2D eigenvalue weighted by molar-refractivity contribution is 5.93. The topological polar surface area (TPSA) is 121 Å². The Morgan fingerprint density at radius 3 is 1.68 bits per heavy atom. The average molecular weight is 454 g/mol. The number of phenolic OH excluding ortho intramolecular Hbond substituents is 6. The number of hydrogen-bond acceptors (Lipinski definition) is 6. The second-order valence-electron chi connectivity index (χ2n) is 8.45. The van der Waals surface area contributed by atoms with Gasteiger partial charge in [-0.2, -0.15) is 0 Å². The number of phenols is 6. The van der Waals surface area contributed by atoms with Gasteiger partial charge < -0.3 is 30.6 Å². The summed E-state index contributed by atoms with van der Waals surface area (Å²) in [6, 6.07) is 20.5. The smallest absolute Gasteiger partial charge is 0.123 e. The number of aromatic hydroxyl groups is 6. The van der Waals surface area contributed by atoms with Gasteiger partial charge in [0.15, 0.2) is 0 Å². The summed E-state index contributed by atoms with van der Waals surface area (Å²) >= 11 is 0. The molecule has 6 nitrogen and oxygen atoms in total. The van der Waals surface area contributed by atoms with Gasteiger partial charge in [-0.1, -0.05) is 30.3 Å². The maximum absolute atomic E-state index is 10.9. The molecule has 4 aromatic rings. The molecule has 34 heavy (non-hydrogen) atoms. The maximum Gasteiger partial charge on any atom is 0.123 e. The zero-order valence-corrected chi connectivity index (χ0v) is 17.9. The van der Waals surface area contributed by atoms with Crippen LogP contribution in [0.25, 0.3) is 11.6 Å². The van der Waals surface area contributed by atoms with E-state index in [2.05, 4.69) is 0 Å². The molecule has 0 radical (unpaired) electrons. The SMILES string of the molecule is Oc1ccc(C=C2c3cc(O)cc(O)c3C(c3cc(O)cc(O)c3)C2c2ccc(O)cc2)cc1. The Morgan fingerprint density at radius 2 is 1.06 bits per heavy atom. The molecule has 0 saturated heterocycles. The highest BCUT2D eigenvalue weighted by Gasteiger charge is 2.41. The summed E-state index contributed by atoms with van der Waals surface area (Å²) in [6.45, 7) is 0. The largest absolute Gasteiger partial charge is 0.508 e. The van der Waals surface area contributed by atoms with E-state index in [1.165, 1.54) is 24.3 Å². The molecule has 2 unspecified atom stereocenters. The fraction of sp³-hybridized carbons (Fsp3) is 0.0714. The Bertz CT molecular complexity index is 1380. The number of hydrogen-bond donors (Lipinski definition) is 6. The number of allylic oxidation sites excluding steroid dienone is 1. The van der Waals surface area contributed by atoms with Crippen molar-refractivity contribution in [2.75, 3.05) is 0 Å². The fourth-order valence-corrected chi connectivity index (χ4v) is 4.83. The number of fused-ring (bicyclic) bond motifs is 1. The van der Waals surface area contributed by atoms with Gasteiger partial charge in [0, 0.05) is 29.5 Å². The van der Waals surface area contributed by atoms with Crippen LogP contribution >= 0.6 is 0 Å². The second kappa shape index (κ2) is 8.08. The monoisotopic (exact) mass is 454 g/mol. The van der Waals surface area contributed by atoms with Crippen molar-refractivity contribution in [3.8, 4) is 34.5 Å². The van der Waals surface area contributed by atoms with Crippen LogP contribution in [0, 0.1) is 0 Å². The van der Waals surface area contributed by atoms with Gasteiger partial charge in [-0.05, 0) is 70.3 Å². The molecule has 170 valence electrons. The summed E-state index contributed by atoms with van der Waals surface area (Å²) in [5.74, 6) is -1.11. The molecule has 4 aromatic carbocycles. The quantitative estimate of drug-likeness (QED) is 0.247. The third-order valence-corrected chi connectivity index (χ3v) is 6.18. The predicted octanol–water partition coefficient (Wildman–Crippen LogP) is 5.39. The summed E-state index contributed by atoms with van der Waals surface area (Å²) < 4.78 is 0. The highest BCUT2D eigenvalue weighted by Crippen LogP contribution is 2.58. The molecule has 0 bridgehead atoms. The molecule has 1 aliphatic rings. The standard InChI is InChI=1S/C28H22O6/c29-18-5-1-15(2-6-18)9-23-24-13-22(33)14-25(34)28(24)27(17-10-20(31)12-21(32)11-17)26(23)16-3-7-19(30)8-4-16/h1-14,26-27,29-34H. The fourth-order valence-electron chi connectivity index (χ4n) is 4.83. The maximum atomic E-state index is 10.9. The van der Waals surface area contributed by atoms with Gasteiger partial charge in [-0.3, -0.25) is 0 Å². The van der Waals surface area contributed by atoms with Crippen molar-refractivity contribution < 1.29 is 30.6 Å². The minimum atomic E-state index is -0.512. The first-order chi connectivity index (χ1) is 16.3. The Kier molecular flexibility index (Phi) is 5.06. The van der Waals surface area contributed by atoms with Gasteiger partial charge in [0.1, 0.15) is 34.5 Å². The molecule has 5 rings (SSSR count). The zero-order chi connectivity index (χ0) is 24.0. The van der Waals surface area contributed by atoms with Gasteiger partial charge in [0.2, 0.25) is 0 Å². The molecule has 0 aliphatic heterocycles. The number of rotatable bonds is 3. The van der Waals surface area contributed by atoms with E-state index in [9.17, 15) is 30.6 Å². The van der Waals surface area contributed by atoms with E-state index in [0.29, 0.717) is 16.7 Å². The summed E-state index contributed by atoms with van der Waals surface area (Å²) in [5.41, 5.74) is 4.15. The van der Waals surface area contributed by atoms with Crippen LogP contribution in [-0.2, 0) is 0 Å². The zero-order valence-electron chi connectivity index (χ0n) is 17.9. The van der Waals surface area contributed by atoms with Gasteiger partial charge in [-0.25, -0.2) is 0 Å². The second-order valence-corrected chi connectivity index (χ2v) is 8.45. The Labute approximate surface area is 195 Å². The van der Waals surface area contributed by atoms with Crippen LogP contribution in [-0.4, -0.2) is 30.6 Å². The van der Waals surface area contributed by atoms with E-state index < -0.39 is 11.8 Å². The van der Waals surface area contributed by atoms with E-state index >= 15 is 0 Å². The van der Waals surface area contributed by atoms with E-state index in [-0.39, 0.29) is 34.5 Å². The highest BCUT2D eigenvalue weighted by atomic mass is 16.3. The normalized spacial score (nSPS) is 18.2. The van der Waals surface area contributed by atoms with Crippen molar-refractivity contribution in [2.45, 2.75) is 11.8 Å². The molecular formula is C28H22O6. The summed E-state index contributed by atoms with van der Waals surface area (Å²) in [5, 5.41) is 61.2. The molecule has 0 fully saturated rings. The summed E-state index contributed by atoms with van der Waals surface area (Å²) in [7, 11) is 0. The molecule has 0 aromatic heterocycles. The van der Waals surface area contributed by atoms with Gasteiger partial charge >= 0.3 is 0 Å². The molecule has 1 aliphatic carbocycles. The minimum absolute atomic E-state index is 0.100. The van der Waals surface area contributed by atoms with Gasteiger partial charge in [0.25, 0.3) is 0 Å². The van der Waals surface area contributed by atoms with Crippen LogP contribution in [0.15, 0.2) is 78.9 Å². The van der Waals surface area contributed by atoms with Crippen LogP contribution in [0.2, 0.25) is 0 Å². The minimum Gasteiger partial charge on any atom is -0.508 e. The van der Waals surface area contributed by atoms with E-state index in [0.717, 1.165) is 16.7 Å². The average Bonchev–Trinajstić information content (AvgIpc) is 3.09. The first kappa shape index (κ1) is 21.3. The van der Waals surface area contributed by atoms with Gasteiger partial charge in [0.05, 0.1) is 0 Å². The van der Waals surface area contributed by atoms with Crippen molar-refractivity contribution >= 4 is 11.6 Å². The molecule has 0 heterocycles. The lowest BCUT2D eigenvalue weighted by atomic mass is 9.79.